The van der Waals surface area contributed by atoms with Crippen LogP contribution in [0.5, 0.6) is 0 Å². The van der Waals surface area contributed by atoms with Gasteiger partial charge < -0.3 is 0 Å². The van der Waals surface area contributed by atoms with Crippen LogP contribution in [0.25, 0.3) is 0 Å². The third-order valence-corrected chi connectivity index (χ3v) is 3.27. The molecule has 2 heterocycles. The molecule has 2 unspecified atom stereocenters. The average molecular weight is 242 g/mol. The first-order valence-electron chi connectivity index (χ1n) is 6.28. The van der Waals surface area contributed by atoms with E-state index in [2.05, 4.69) is 33.8 Å². The van der Waals surface area contributed by atoms with Gasteiger partial charge in [-0.1, -0.05) is 13.8 Å². The standard InChI is InChI=1S/C14H18N4/c1-11(13-7-16-10-17-8-13)3-4-12(2)14-9-15-5-6-18-14/h5-12H,3-4H2,1-2H3. The normalized spacial score (nSPS) is 14.1. The summed E-state index contributed by atoms with van der Waals surface area (Å²) in [4.78, 5) is 16.6. The average Bonchev–Trinajstić information content (AvgIpc) is 2.46. The van der Waals surface area contributed by atoms with Gasteiger partial charge in [-0.2, -0.15) is 0 Å². The summed E-state index contributed by atoms with van der Waals surface area (Å²) in [6.45, 7) is 4.40. The molecule has 0 bridgehead atoms. The van der Waals surface area contributed by atoms with Crippen LogP contribution in [0.2, 0.25) is 0 Å². The van der Waals surface area contributed by atoms with Gasteiger partial charge in [-0.3, -0.25) is 9.97 Å². The second kappa shape index (κ2) is 6.19. The summed E-state index contributed by atoms with van der Waals surface area (Å²) in [5, 5.41) is 0. The first kappa shape index (κ1) is 12.6. The van der Waals surface area contributed by atoms with Crippen LogP contribution < -0.4 is 0 Å². The lowest BCUT2D eigenvalue weighted by atomic mass is 9.93. The number of rotatable bonds is 5. The maximum Gasteiger partial charge on any atom is 0.115 e. The summed E-state index contributed by atoms with van der Waals surface area (Å²) in [5.41, 5.74) is 2.26. The highest BCUT2D eigenvalue weighted by atomic mass is 14.8. The Labute approximate surface area is 108 Å². The molecule has 0 N–H and O–H groups in total. The molecular formula is C14H18N4. The lowest BCUT2D eigenvalue weighted by Gasteiger charge is -2.14. The van der Waals surface area contributed by atoms with Crippen molar-refractivity contribution in [3.8, 4) is 0 Å². The zero-order valence-corrected chi connectivity index (χ0v) is 10.8. The number of hydrogen-bond donors (Lipinski definition) is 0. The van der Waals surface area contributed by atoms with E-state index in [4.69, 9.17) is 0 Å². The van der Waals surface area contributed by atoms with Crippen molar-refractivity contribution in [1.29, 1.82) is 0 Å². The van der Waals surface area contributed by atoms with Gasteiger partial charge in [0, 0.05) is 31.0 Å². The minimum atomic E-state index is 0.436. The smallest absolute Gasteiger partial charge is 0.115 e. The molecule has 0 saturated heterocycles. The highest BCUT2D eigenvalue weighted by Gasteiger charge is 2.11. The third kappa shape index (κ3) is 3.32. The van der Waals surface area contributed by atoms with Crippen molar-refractivity contribution >= 4 is 0 Å². The summed E-state index contributed by atoms with van der Waals surface area (Å²) in [6.07, 6.45) is 12.9. The Kier molecular flexibility index (Phi) is 4.34. The van der Waals surface area contributed by atoms with Gasteiger partial charge in [-0.05, 0) is 30.2 Å². The molecule has 0 aliphatic rings. The molecule has 2 aromatic rings. The van der Waals surface area contributed by atoms with Crippen molar-refractivity contribution in [1.82, 2.24) is 19.9 Å². The van der Waals surface area contributed by atoms with Gasteiger partial charge in [0.15, 0.2) is 0 Å². The van der Waals surface area contributed by atoms with Crippen molar-refractivity contribution in [2.24, 2.45) is 0 Å². The minimum Gasteiger partial charge on any atom is -0.261 e. The zero-order chi connectivity index (χ0) is 12.8. The van der Waals surface area contributed by atoms with E-state index in [1.165, 1.54) is 5.56 Å². The van der Waals surface area contributed by atoms with Crippen LogP contribution in [0, 0.1) is 0 Å². The molecule has 2 atom stereocenters. The molecule has 18 heavy (non-hydrogen) atoms. The number of aromatic nitrogens is 4. The van der Waals surface area contributed by atoms with Gasteiger partial charge in [0.1, 0.15) is 6.33 Å². The van der Waals surface area contributed by atoms with Gasteiger partial charge in [-0.15, -0.1) is 0 Å². The summed E-state index contributed by atoms with van der Waals surface area (Å²) in [6, 6.07) is 0. The van der Waals surface area contributed by atoms with Crippen molar-refractivity contribution in [2.45, 2.75) is 38.5 Å². The van der Waals surface area contributed by atoms with E-state index in [-0.39, 0.29) is 0 Å². The van der Waals surface area contributed by atoms with E-state index in [0.717, 1.165) is 18.5 Å². The van der Waals surface area contributed by atoms with Crippen molar-refractivity contribution in [2.75, 3.05) is 0 Å². The van der Waals surface area contributed by atoms with E-state index in [0.29, 0.717) is 11.8 Å². The lowest BCUT2D eigenvalue weighted by molar-refractivity contribution is 0.562. The lowest BCUT2D eigenvalue weighted by Crippen LogP contribution is -2.01. The maximum absolute atomic E-state index is 4.34. The number of hydrogen-bond acceptors (Lipinski definition) is 4. The fraction of sp³-hybridized carbons (Fsp3) is 0.429. The topological polar surface area (TPSA) is 51.6 Å². The molecule has 94 valence electrons. The Morgan fingerprint density at radius 2 is 1.61 bits per heavy atom. The van der Waals surface area contributed by atoms with Crippen molar-refractivity contribution < 1.29 is 0 Å². The van der Waals surface area contributed by atoms with Gasteiger partial charge in [0.2, 0.25) is 0 Å². The summed E-state index contributed by atoms with van der Waals surface area (Å²) < 4.78 is 0. The quantitative estimate of drug-likeness (QED) is 0.808. The molecule has 2 aromatic heterocycles. The Balaban J connectivity index is 1.89. The second-order valence-electron chi connectivity index (χ2n) is 4.68. The van der Waals surface area contributed by atoms with Crippen LogP contribution in [0.15, 0.2) is 37.3 Å². The van der Waals surface area contributed by atoms with Gasteiger partial charge in [-0.25, -0.2) is 9.97 Å². The van der Waals surface area contributed by atoms with Crippen molar-refractivity contribution in [3.63, 3.8) is 0 Å². The molecule has 0 aromatic carbocycles. The van der Waals surface area contributed by atoms with Crippen LogP contribution in [0.3, 0.4) is 0 Å². The first-order chi connectivity index (χ1) is 8.77. The maximum atomic E-state index is 4.34. The van der Waals surface area contributed by atoms with E-state index in [1.54, 1.807) is 18.7 Å². The molecule has 0 radical (unpaired) electrons. The molecule has 0 amide bonds. The molecule has 0 saturated carbocycles. The molecule has 0 spiro atoms. The second-order valence-corrected chi connectivity index (χ2v) is 4.68. The largest absolute Gasteiger partial charge is 0.261 e. The SMILES string of the molecule is CC(CCC(C)c1cnccn1)c1cncnc1. The molecule has 4 nitrogen and oxygen atoms in total. The Bertz CT molecular complexity index is 412. The van der Waals surface area contributed by atoms with E-state index in [1.807, 2.05) is 18.6 Å². The van der Waals surface area contributed by atoms with Gasteiger partial charge >= 0.3 is 0 Å². The van der Waals surface area contributed by atoms with Crippen molar-refractivity contribution in [3.05, 3.63) is 48.6 Å². The molecular weight excluding hydrogens is 224 g/mol. The van der Waals surface area contributed by atoms with Crippen LogP contribution in [0.1, 0.15) is 49.8 Å². The van der Waals surface area contributed by atoms with Crippen LogP contribution in [0.4, 0.5) is 0 Å². The molecule has 2 rings (SSSR count). The molecule has 4 heteroatoms. The van der Waals surface area contributed by atoms with Crippen LogP contribution in [-0.4, -0.2) is 19.9 Å². The third-order valence-electron chi connectivity index (χ3n) is 3.27. The Hall–Kier alpha value is -1.84. The molecule has 0 aliphatic carbocycles. The van der Waals surface area contributed by atoms with E-state index >= 15 is 0 Å². The predicted octanol–water partition coefficient (Wildman–Crippen LogP) is 2.95. The zero-order valence-electron chi connectivity index (χ0n) is 10.8. The predicted molar refractivity (Wildman–Crippen MR) is 70.1 cm³/mol. The first-order valence-corrected chi connectivity index (χ1v) is 6.28. The fourth-order valence-electron chi connectivity index (χ4n) is 1.94. The number of nitrogens with zero attached hydrogens (tertiary/aromatic N) is 4. The van der Waals surface area contributed by atoms with Gasteiger partial charge in [0.05, 0.1) is 5.69 Å². The highest BCUT2D eigenvalue weighted by molar-refractivity contribution is 5.09. The molecule has 0 aliphatic heterocycles. The monoisotopic (exact) mass is 242 g/mol. The summed E-state index contributed by atoms with van der Waals surface area (Å²) in [7, 11) is 0. The fourth-order valence-corrected chi connectivity index (χ4v) is 1.94. The Morgan fingerprint density at radius 1 is 0.889 bits per heavy atom. The van der Waals surface area contributed by atoms with Crippen LogP contribution >= 0.6 is 0 Å². The molecule has 0 fully saturated rings. The minimum absolute atomic E-state index is 0.436. The highest BCUT2D eigenvalue weighted by Crippen LogP contribution is 2.25. The van der Waals surface area contributed by atoms with E-state index < -0.39 is 0 Å². The van der Waals surface area contributed by atoms with Gasteiger partial charge in [0.25, 0.3) is 0 Å². The summed E-state index contributed by atoms with van der Waals surface area (Å²) in [5.74, 6) is 0.913. The van der Waals surface area contributed by atoms with E-state index in [9.17, 15) is 0 Å². The Morgan fingerprint density at radius 3 is 2.28 bits per heavy atom. The summed E-state index contributed by atoms with van der Waals surface area (Å²) >= 11 is 0. The van der Waals surface area contributed by atoms with Crippen LogP contribution in [-0.2, 0) is 0 Å².